The van der Waals surface area contributed by atoms with Gasteiger partial charge < -0.3 is 4.90 Å². The molecule has 1 saturated heterocycles. The number of nitrogens with zero attached hydrogens (tertiary/aromatic N) is 2. The van der Waals surface area contributed by atoms with E-state index in [0.717, 1.165) is 0 Å². The molecule has 2 aromatic rings. The van der Waals surface area contributed by atoms with Crippen LogP contribution in [-0.2, 0) is 21.2 Å². The fourth-order valence-electron chi connectivity index (χ4n) is 3.19. The highest BCUT2D eigenvalue weighted by atomic mass is 35.5. The van der Waals surface area contributed by atoms with Gasteiger partial charge in [-0.3, -0.25) is 25.3 Å². The normalized spacial score (nSPS) is 15.3. The largest absolute Gasteiger partial charge is 0.472 e. The number of amides is 4. The highest BCUT2D eigenvalue weighted by Crippen LogP contribution is 2.24. The number of hydrogen-bond donors (Lipinski definition) is 2. The molecular formula is C21H20ClF3N4O5S. The number of sulfone groups is 1. The first-order valence-corrected chi connectivity index (χ1v) is 12.3. The Hall–Kier alpha value is -3.32. The first kappa shape index (κ1) is 26.3. The van der Waals surface area contributed by atoms with Gasteiger partial charge in [-0.15, -0.1) is 0 Å². The molecule has 1 aliphatic heterocycles. The second-order valence-electron chi connectivity index (χ2n) is 7.59. The summed E-state index contributed by atoms with van der Waals surface area (Å²) in [7, 11) is -3.20. The zero-order valence-electron chi connectivity index (χ0n) is 18.0. The van der Waals surface area contributed by atoms with Crippen molar-refractivity contribution in [2.24, 2.45) is 0 Å². The van der Waals surface area contributed by atoms with E-state index in [0.29, 0.717) is 16.3 Å². The zero-order valence-corrected chi connectivity index (χ0v) is 19.6. The third-order valence-corrected chi connectivity index (χ3v) is 6.91. The van der Waals surface area contributed by atoms with E-state index in [4.69, 9.17) is 11.6 Å². The Balaban J connectivity index is 1.74. The van der Waals surface area contributed by atoms with Crippen molar-refractivity contribution in [2.75, 3.05) is 29.5 Å². The molecule has 2 N–H and O–H groups in total. The lowest BCUT2D eigenvalue weighted by Crippen LogP contribution is -2.49. The number of carbonyl (C=O) groups excluding carboxylic acids is 3. The van der Waals surface area contributed by atoms with Crippen LogP contribution in [-0.4, -0.2) is 61.9 Å². The van der Waals surface area contributed by atoms with Crippen LogP contribution < -0.4 is 15.8 Å². The number of hydrazine groups is 1. The summed E-state index contributed by atoms with van der Waals surface area (Å²) >= 11 is 6.08. The molecule has 0 aromatic heterocycles. The number of halogens is 4. The monoisotopic (exact) mass is 532 g/mol. The number of hydrogen-bond acceptors (Lipinski definition) is 5. The molecule has 4 amide bonds. The van der Waals surface area contributed by atoms with Crippen LogP contribution in [0.2, 0.25) is 5.02 Å². The molecule has 3 rings (SSSR count). The molecule has 0 aliphatic carbocycles. The fraction of sp³-hybridized carbons (Fsp3) is 0.286. The Bertz CT molecular complexity index is 1210. The van der Waals surface area contributed by atoms with Gasteiger partial charge in [0.2, 0.25) is 0 Å². The molecule has 0 bridgehead atoms. The average Bonchev–Trinajstić information content (AvgIpc) is 2.80. The van der Waals surface area contributed by atoms with Crippen molar-refractivity contribution in [1.82, 2.24) is 15.8 Å². The minimum absolute atomic E-state index is 0.0295. The van der Waals surface area contributed by atoms with Gasteiger partial charge in [0.05, 0.1) is 18.1 Å². The molecule has 1 aliphatic rings. The lowest BCUT2D eigenvalue weighted by Gasteiger charge is -2.33. The van der Waals surface area contributed by atoms with Crippen molar-refractivity contribution in [1.29, 1.82) is 0 Å². The van der Waals surface area contributed by atoms with Gasteiger partial charge >= 0.3 is 18.1 Å². The van der Waals surface area contributed by atoms with Crippen molar-refractivity contribution in [3.63, 3.8) is 0 Å². The summed E-state index contributed by atoms with van der Waals surface area (Å²) < 4.78 is 60.2. The predicted molar refractivity (Wildman–Crippen MR) is 121 cm³/mol. The Labute approximate surface area is 203 Å². The van der Waals surface area contributed by atoms with Gasteiger partial charge in [0.1, 0.15) is 0 Å². The molecule has 14 heteroatoms. The predicted octanol–water partition coefficient (Wildman–Crippen LogP) is 2.52. The second kappa shape index (κ2) is 10.5. The number of benzene rings is 2. The standard InChI is InChI=1S/C21H20ClF3N4O5S/c22-16-2-1-3-17(12-16)29(20(32)28-8-10-35(33,34)11-9-28)13-14-4-6-15(7-5-14)18(30)26-27-19(31)21(23,24)25/h1-7,12H,8-11,13H2,(H,26,30)(H,27,31). The smallest absolute Gasteiger partial charge is 0.322 e. The van der Waals surface area contributed by atoms with Crippen LogP contribution in [0.1, 0.15) is 15.9 Å². The molecule has 0 unspecified atom stereocenters. The minimum atomic E-state index is -5.15. The lowest BCUT2D eigenvalue weighted by atomic mass is 10.1. The summed E-state index contributed by atoms with van der Waals surface area (Å²) in [6.07, 6.45) is -5.15. The molecule has 0 radical (unpaired) electrons. The molecule has 1 fully saturated rings. The van der Waals surface area contributed by atoms with Gasteiger partial charge in [0.25, 0.3) is 5.91 Å². The Morgan fingerprint density at radius 1 is 1.00 bits per heavy atom. The average molecular weight is 533 g/mol. The van der Waals surface area contributed by atoms with E-state index >= 15 is 0 Å². The van der Waals surface area contributed by atoms with E-state index < -0.39 is 33.9 Å². The van der Waals surface area contributed by atoms with Crippen LogP contribution in [0, 0.1) is 0 Å². The molecule has 0 saturated carbocycles. The summed E-state index contributed by atoms with van der Waals surface area (Å²) in [5.74, 6) is -3.57. The lowest BCUT2D eigenvalue weighted by molar-refractivity contribution is -0.174. The summed E-state index contributed by atoms with van der Waals surface area (Å²) in [5, 5.41) is 0.384. The van der Waals surface area contributed by atoms with Crippen LogP contribution in [0.25, 0.3) is 0 Å². The summed E-state index contributed by atoms with van der Waals surface area (Å²) in [6, 6.07) is 11.7. The van der Waals surface area contributed by atoms with Gasteiger partial charge in [-0.1, -0.05) is 29.8 Å². The number of urea groups is 1. The van der Waals surface area contributed by atoms with Crippen LogP contribution in [0.15, 0.2) is 48.5 Å². The van der Waals surface area contributed by atoms with Crippen LogP contribution >= 0.6 is 11.6 Å². The van der Waals surface area contributed by atoms with Crippen molar-refractivity contribution in [3.05, 3.63) is 64.7 Å². The van der Waals surface area contributed by atoms with Gasteiger partial charge in [0.15, 0.2) is 9.84 Å². The minimum Gasteiger partial charge on any atom is -0.322 e. The van der Waals surface area contributed by atoms with E-state index in [1.807, 2.05) is 0 Å². The maximum Gasteiger partial charge on any atom is 0.472 e. The summed E-state index contributed by atoms with van der Waals surface area (Å²) in [4.78, 5) is 38.9. The van der Waals surface area contributed by atoms with E-state index in [-0.39, 0.29) is 36.7 Å². The fourth-order valence-corrected chi connectivity index (χ4v) is 4.57. The number of nitrogens with one attached hydrogen (secondary N) is 2. The number of anilines is 1. The highest BCUT2D eigenvalue weighted by Gasteiger charge is 2.39. The second-order valence-corrected chi connectivity index (χ2v) is 10.3. The molecule has 2 aromatic carbocycles. The maximum atomic E-state index is 13.2. The molecule has 9 nitrogen and oxygen atoms in total. The van der Waals surface area contributed by atoms with Crippen molar-refractivity contribution < 1.29 is 36.0 Å². The van der Waals surface area contributed by atoms with Crippen LogP contribution in [0.3, 0.4) is 0 Å². The van der Waals surface area contributed by atoms with Crippen molar-refractivity contribution >= 4 is 45.0 Å². The summed E-state index contributed by atoms with van der Waals surface area (Å²) in [5.41, 5.74) is 3.95. The van der Waals surface area contributed by atoms with Crippen molar-refractivity contribution in [3.8, 4) is 0 Å². The first-order valence-electron chi connectivity index (χ1n) is 10.1. The van der Waals surface area contributed by atoms with E-state index in [1.165, 1.54) is 39.5 Å². The topological polar surface area (TPSA) is 116 Å². The van der Waals surface area contributed by atoms with Gasteiger partial charge in [-0.2, -0.15) is 13.2 Å². The first-order chi connectivity index (χ1) is 16.4. The summed E-state index contributed by atoms with van der Waals surface area (Å²) in [6.45, 7) is 0.122. The Kier molecular flexibility index (Phi) is 7.90. The van der Waals surface area contributed by atoms with Crippen LogP contribution in [0.4, 0.5) is 23.7 Å². The number of carbonyl (C=O) groups is 3. The maximum absolute atomic E-state index is 13.2. The van der Waals surface area contributed by atoms with E-state index in [9.17, 15) is 36.0 Å². The third-order valence-electron chi connectivity index (χ3n) is 5.07. The van der Waals surface area contributed by atoms with Gasteiger partial charge in [0, 0.05) is 29.4 Å². The molecule has 188 valence electrons. The molecule has 35 heavy (non-hydrogen) atoms. The molecule has 1 heterocycles. The van der Waals surface area contributed by atoms with E-state index in [2.05, 4.69) is 0 Å². The molecule has 0 spiro atoms. The Morgan fingerprint density at radius 2 is 1.63 bits per heavy atom. The van der Waals surface area contributed by atoms with Crippen LogP contribution in [0.5, 0.6) is 0 Å². The highest BCUT2D eigenvalue weighted by molar-refractivity contribution is 7.91. The van der Waals surface area contributed by atoms with Gasteiger partial charge in [-0.25, -0.2) is 13.2 Å². The number of rotatable bonds is 4. The third kappa shape index (κ3) is 7.09. The quantitative estimate of drug-likeness (QED) is 0.587. The molecular weight excluding hydrogens is 513 g/mol. The number of alkyl halides is 3. The van der Waals surface area contributed by atoms with E-state index in [1.54, 1.807) is 29.7 Å². The van der Waals surface area contributed by atoms with Crippen molar-refractivity contribution in [2.45, 2.75) is 12.7 Å². The van der Waals surface area contributed by atoms with Gasteiger partial charge in [-0.05, 0) is 35.9 Å². The Morgan fingerprint density at radius 3 is 2.20 bits per heavy atom. The molecule has 0 atom stereocenters. The SMILES string of the molecule is O=C(NNC(=O)C(F)(F)F)c1ccc(CN(C(=O)N2CCS(=O)(=O)CC2)c2cccc(Cl)c2)cc1. The zero-order chi connectivity index (χ0) is 25.8.